The van der Waals surface area contributed by atoms with Crippen LogP contribution in [0.15, 0.2) is 18.2 Å². The summed E-state index contributed by atoms with van der Waals surface area (Å²) in [5.74, 6) is 1.25. The van der Waals surface area contributed by atoms with Gasteiger partial charge < -0.3 is 31.7 Å². The Morgan fingerprint density at radius 3 is 2.08 bits per heavy atom. The monoisotopic (exact) mass is 432 g/mol. The molecule has 0 radical (unpaired) electrons. The molecule has 4 nitrogen and oxygen atoms in total. The standard InChI is InChI=1S/C17H28Cl3N2O2.ClH/c1-6-22(3,7-2)11-10-21-16(17(18,19)20)13-8-9-14(23-4)15(12-13)24-5;/h8-9,12,16,21H,6-7,10-11H2,1-5H3;1H/q+1;/p-1. The Kier molecular flexibility index (Phi) is 10.9. The summed E-state index contributed by atoms with van der Waals surface area (Å²) in [5.41, 5.74) is 0.842. The summed E-state index contributed by atoms with van der Waals surface area (Å²) in [5, 5.41) is 3.38. The number of nitrogens with zero attached hydrogens (tertiary/aromatic N) is 1. The Balaban J connectivity index is 0.00000576. The first kappa shape index (κ1) is 24.9. The molecule has 1 atom stereocenters. The highest BCUT2D eigenvalue weighted by Gasteiger charge is 2.34. The lowest BCUT2D eigenvalue weighted by molar-refractivity contribution is -0.905. The van der Waals surface area contributed by atoms with Crippen LogP contribution in [0, 0.1) is 0 Å². The predicted molar refractivity (Wildman–Crippen MR) is 103 cm³/mol. The molecular weight excluding hydrogens is 406 g/mol. The molecule has 1 unspecified atom stereocenters. The van der Waals surface area contributed by atoms with Gasteiger partial charge >= 0.3 is 0 Å². The number of hydrogen-bond donors (Lipinski definition) is 1. The highest BCUT2D eigenvalue weighted by atomic mass is 35.6. The van der Waals surface area contributed by atoms with E-state index in [1.54, 1.807) is 14.2 Å². The molecule has 0 amide bonds. The molecule has 0 aliphatic carbocycles. The lowest BCUT2D eigenvalue weighted by Crippen LogP contribution is -3.00. The first-order valence-corrected chi connectivity index (χ1v) is 9.19. The number of rotatable bonds is 9. The van der Waals surface area contributed by atoms with E-state index in [2.05, 4.69) is 26.2 Å². The molecule has 0 aromatic heterocycles. The summed E-state index contributed by atoms with van der Waals surface area (Å²) in [6.45, 7) is 8.19. The smallest absolute Gasteiger partial charge is 0.209 e. The quantitative estimate of drug-likeness (QED) is 0.468. The van der Waals surface area contributed by atoms with Crippen molar-refractivity contribution in [2.24, 2.45) is 0 Å². The van der Waals surface area contributed by atoms with Crippen molar-refractivity contribution < 1.29 is 26.4 Å². The Bertz CT molecular complexity index is 520. The van der Waals surface area contributed by atoms with E-state index >= 15 is 0 Å². The molecule has 0 aliphatic rings. The average molecular weight is 434 g/mol. The molecule has 1 aromatic carbocycles. The third-order valence-electron chi connectivity index (χ3n) is 4.60. The molecule has 8 heteroatoms. The maximum Gasteiger partial charge on any atom is 0.209 e. The third kappa shape index (κ3) is 7.20. The number of halogens is 4. The van der Waals surface area contributed by atoms with E-state index in [0.29, 0.717) is 11.5 Å². The first-order chi connectivity index (χ1) is 11.2. The number of alkyl halides is 3. The van der Waals surface area contributed by atoms with Gasteiger partial charge in [0, 0.05) is 6.54 Å². The summed E-state index contributed by atoms with van der Waals surface area (Å²) < 4.78 is 10.1. The predicted octanol–water partition coefficient (Wildman–Crippen LogP) is 1.20. The van der Waals surface area contributed by atoms with Gasteiger partial charge in [0.2, 0.25) is 3.79 Å². The van der Waals surface area contributed by atoms with Crippen LogP contribution in [0.1, 0.15) is 25.5 Å². The zero-order chi connectivity index (χ0) is 18.4. The van der Waals surface area contributed by atoms with Crippen molar-refractivity contribution in [3.05, 3.63) is 23.8 Å². The lowest BCUT2D eigenvalue weighted by atomic mass is 10.1. The van der Waals surface area contributed by atoms with Crippen molar-refractivity contribution in [2.75, 3.05) is 47.4 Å². The molecule has 0 saturated heterocycles. The van der Waals surface area contributed by atoms with Gasteiger partial charge in [-0.25, -0.2) is 0 Å². The topological polar surface area (TPSA) is 30.5 Å². The van der Waals surface area contributed by atoms with Gasteiger partial charge in [0.1, 0.15) is 0 Å². The van der Waals surface area contributed by atoms with Crippen molar-refractivity contribution in [1.82, 2.24) is 5.32 Å². The normalized spacial score (nSPS) is 13.1. The zero-order valence-corrected chi connectivity index (χ0v) is 18.4. The summed E-state index contributed by atoms with van der Waals surface area (Å²) >= 11 is 18.6. The minimum absolute atomic E-state index is 0. The van der Waals surface area contributed by atoms with E-state index in [-0.39, 0.29) is 12.4 Å². The van der Waals surface area contributed by atoms with Gasteiger partial charge in [0.25, 0.3) is 0 Å². The van der Waals surface area contributed by atoms with E-state index in [1.807, 2.05) is 18.2 Å². The van der Waals surface area contributed by atoms with Crippen LogP contribution < -0.4 is 27.2 Å². The fourth-order valence-electron chi connectivity index (χ4n) is 2.47. The molecule has 0 bridgehead atoms. The molecule has 25 heavy (non-hydrogen) atoms. The maximum absolute atomic E-state index is 6.21. The van der Waals surface area contributed by atoms with Crippen molar-refractivity contribution in [3.63, 3.8) is 0 Å². The van der Waals surface area contributed by atoms with E-state index < -0.39 is 9.83 Å². The van der Waals surface area contributed by atoms with Crippen molar-refractivity contribution >= 4 is 34.8 Å². The van der Waals surface area contributed by atoms with Gasteiger partial charge in [0.15, 0.2) is 11.5 Å². The third-order valence-corrected chi connectivity index (χ3v) is 5.25. The lowest BCUT2D eigenvalue weighted by Gasteiger charge is -2.34. The summed E-state index contributed by atoms with van der Waals surface area (Å²) in [6, 6.07) is 5.10. The minimum atomic E-state index is -1.47. The van der Waals surface area contributed by atoms with Gasteiger partial charge in [-0.15, -0.1) is 0 Å². The van der Waals surface area contributed by atoms with E-state index in [0.717, 1.165) is 36.2 Å². The number of benzene rings is 1. The molecule has 0 heterocycles. The molecule has 0 spiro atoms. The highest BCUT2D eigenvalue weighted by molar-refractivity contribution is 6.68. The van der Waals surface area contributed by atoms with Gasteiger partial charge in [-0.05, 0) is 31.5 Å². The second-order valence-electron chi connectivity index (χ2n) is 6.02. The van der Waals surface area contributed by atoms with E-state index in [4.69, 9.17) is 44.3 Å². The summed E-state index contributed by atoms with van der Waals surface area (Å²) in [7, 11) is 5.41. The van der Waals surface area contributed by atoms with Crippen LogP contribution in [0.25, 0.3) is 0 Å². The van der Waals surface area contributed by atoms with Crippen LogP contribution in [-0.4, -0.2) is 55.7 Å². The first-order valence-electron chi connectivity index (χ1n) is 8.06. The molecule has 1 aromatic rings. The molecular formula is C17H28Cl4N2O2. The van der Waals surface area contributed by atoms with Gasteiger partial charge in [-0.1, -0.05) is 40.9 Å². The number of nitrogens with one attached hydrogen (secondary N) is 1. The SMILES string of the molecule is CC[N+](C)(CC)CCNC(c1ccc(OC)c(OC)c1)C(Cl)(Cl)Cl.[Cl-]. The Morgan fingerprint density at radius 2 is 1.64 bits per heavy atom. The Morgan fingerprint density at radius 1 is 1.08 bits per heavy atom. The van der Waals surface area contributed by atoms with Crippen molar-refractivity contribution in [1.29, 1.82) is 0 Å². The minimum Gasteiger partial charge on any atom is -1.00 e. The Labute approximate surface area is 172 Å². The number of ether oxygens (including phenoxy) is 2. The maximum atomic E-state index is 6.21. The van der Waals surface area contributed by atoms with Crippen LogP contribution in [0.2, 0.25) is 0 Å². The Hall–Kier alpha value is -0.100. The number of quaternary nitrogens is 1. The number of hydrogen-bond acceptors (Lipinski definition) is 3. The molecule has 1 rings (SSSR count). The molecule has 0 fully saturated rings. The largest absolute Gasteiger partial charge is 1.00 e. The fourth-order valence-corrected chi connectivity index (χ4v) is 3.08. The van der Waals surface area contributed by atoms with Crippen molar-refractivity contribution in [2.45, 2.75) is 23.7 Å². The fraction of sp³-hybridized carbons (Fsp3) is 0.647. The highest BCUT2D eigenvalue weighted by Crippen LogP contribution is 2.41. The van der Waals surface area contributed by atoms with Gasteiger partial charge in [0.05, 0.1) is 46.9 Å². The second kappa shape index (κ2) is 10.9. The van der Waals surface area contributed by atoms with Crippen LogP contribution in [0.5, 0.6) is 11.5 Å². The molecule has 0 saturated carbocycles. The van der Waals surface area contributed by atoms with Crippen molar-refractivity contribution in [3.8, 4) is 11.5 Å². The second-order valence-corrected chi connectivity index (χ2v) is 8.39. The summed E-state index contributed by atoms with van der Waals surface area (Å²) in [4.78, 5) is 0. The average Bonchev–Trinajstić information content (AvgIpc) is 2.56. The van der Waals surface area contributed by atoms with E-state index in [9.17, 15) is 0 Å². The van der Waals surface area contributed by atoms with Crippen LogP contribution in [-0.2, 0) is 0 Å². The summed E-state index contributed by atoms with van der Waals surface area (Å²) in [6.07, 6.45) is 0. The van der Waals surface area contributed by atoms with Crippen LogP contribution in [0.3, 0.4) is 0 Å². The van der Waals surface area contributed by atoms with Crippen LogP contribution >= 0.6 is 34.8 Å². The van der Waals surface area contributed by atoms with Gasteiger partial charge in [-0.3, -0.25) is 0 Å². The van der Waals surface area contributed by atoms with Crippen LogP contribution in [0.4, 0.5) is 0 Å². The number of likely N-dealkylation sites (N-methyl/N-ethyl adjacent to an activating group) is 1. The molecule has 0 aliphatic heterocycles. The molecule has 146 valence electrons. The van der Waals surface area contributed by atoms with Gasteiger partial charge in [-0.2, -0.15) is 0 Å². The van der Waals surface area contributed by atoms with E-state index in [1.165, 1.54) is 0 Å². The zero-order valence-electron chi connectivity index (χ0n) is 15.4. The number of methoxy groups -OCH3 is 2. The molecule has 1 N–H and O–H groups in total.